The number of hydrogen-bond donors (Lipinski definition) is 1. The number of nitrogens with one attached hydrogen (secondary N) is 1. The van der Waals surface area contributed by atoms with Gasteiger partial charge >= 0.3 is 0 Å². The van der Waals surface area contributed by atoms with Crippen LogP contribution in [0.5, 0.6) is 0 Å². The van der Waals surface area contributed by atoms with E-state index in [2.05, 4.69) is 10.4 Å². The lowest BCUT2D eigenvalue weighted by atomic mass is 10.1. The van der Waals surface area contributed by atoms with Gasteiger partial charge in [0.1, 0.15) is 5.82 Å². The zero-order valence-corrected chi connectivity index (χ0v) is 10.1. The Morgan fingerprint density at radius 2 is 2.33 bits per heavy atom. The van der Waals surface area contributed by atoms with Gasteiger partial charge in [0, 0.05) is 19.8 Å². The molecule has 2 rings (SSSR count). The van der Waals surface area contributed by atoms with Crippen LogP contribution < -0.4 is 5.32 Å². The van der Waals surface area contributed by atoms with Crippen molar-refractivity contribution in [2.75, 3.05) is 6.54 Å². The van der Waals surface area contributed by atoms with Gasteiger partial charge in [0.15, 0.2) is 0 Å². The summed E-state index contributed by atoms with van der Waals surface area (Å²) in [7, 11) is 1.75. The molecule has 0 aliphatic heterocycles. The lowest BCUT2D eigenvalue weighted by Crippen LogP contribution is -2.25. The molecule has 0 fully saturated rings. The summed E-state index contributed by atoms with van der Waals surface area (Å²) in [4.78, 5) is 11.7. The molecule has 0 aliphatic rings. The van der Waals surface area contributed by atoms with Crippen LogP contribution in [0.15, 0.2) is 36.7 Å². The average Bonchev–Trinajstić information content (AvgIpc) is 2.76. The third-order valence-corrected chi connectivity index (χ3v) is 2.56. The molecule has 2 aromatic rings. The molecule has 0 atom stereocenters. The number of hydrogen-bond acceptors (Lipinski definition) is 2. The fourth-order valence-electron chi connectivity index (χ4n) is 1.65. The molecule has 1 aromatic carbocycles. The molecule has 0 spiro atoms. The summed E-state index contributed by atoms with van der Waals surface area (Å²) in [5.41, 5.74) is 1.39. The second kappa shape index (κ2) is 5.44. The van der Waals surface area contributed by atoms with Crippen LogP contribution in [0.4, 0.5) is 4.39 Å². The highest BCUT2D eigenvalue weighted by Crippen LogP contribution is 2.03. The first-order valence-electron chi connectivity index (χ1n) is 5.66. The number of aryl methyl sites for hydroxylation is 1. The average molecular weight is 247 g/mol. The molecule has 18 heavy (non-hydrogen) atoms. The van der Waals surface area contributed by atoms with Gasteiger partial charge in [-0.3, -0.25) is 9.48 Å². The lowest BCUT2D eigenvalue weighted by Gasteiger charge is -2.03. The summed E-state index contributed by atoms with van der Waals surface area (Å²) < 4.78 is 14.5. The highest BCUT2D eigenvalue weighted by atomic mass is 19.1. The molecular formula is C13H14FN3O. The Kier molecular flexibility index (Phi) is 3.72. The lowest BCUT2D eigenvalue weighted by molar-refractivity contribution is 0.0954. The Morgan fingerprint density at radius 3 is 3.00 bits per heavy atom. The van der Waals surface area contributed by atoms with Crippen LogP contribution in [-0.4, -0.2) is 22.2 Å². The number of benzene rings is 1. The van der Waals surface area contributed by atoms with Gasteiger partial charge in [-0.15, -0.1) is 0 Å². The van der Waals surface area contributed by atoms with E-state index in [9.17, 15) is 9.18 Å². The molecule has 5 heteroatoms. The van der Waals surface area contributed by atoms with E-state index in [1.807, 2.05) is 6.07 Å². The molecule has 1 aromatic heterocycles. The second-order valence-electron chi connectivity index (χ2n) is 4.04. The smallest absolute Gasteiger partial charge is 0.254 e. The van der Waals surface area contributed by atoms with Crippen LogP contribution in [0.25, 0.3) is 0 Å². The summed E-state index contributed by atoms with van der Waals surface area (Å²) in [6, 6.07) is 6.36. The standard InChI is InChI=1S/C13H14FN3O/c1-17-9-11(8-16-17)13(18)15-6-5-10-3-2-4-12(14)7-10/h2-4,7-9H,5-6H2,1H3,(H,15,18). The highest BCUT2D eigenvalue weighted by Gasteiger charge is 2.06. The minimum absolute atomic E-state index is 0.167. The van der Waals surface area contributed by atoms with Gasteiger partial charge in [0.25, 0.3) is 5.91 Å². The molecule has 1 heterocycles. The third kappa shape index (κ3) is 3.16. The van der Waals surface area contributed by atoms with Crippen molar-refractivity contribution < 1.29 is 9.18 Å². The zero-order chi connectivity index (χ0) is 13.0. The minimum Gasteiger partial charge on any atom is -0.352 e. The van der Waals surface area contributed by atoms with Crippen molar-refractivity contribution in [1.29, 1.82) is 0 Å². The van der Waals surface area contributed by atoms with Crippen LogP contribution in [0.1, 0.15) is 15.9 Å². The van der Waals surface area contributed by atoms with Gasteiger partial charge in [0.05, 0.1) is 11.8 Å². The summed E-state index contributed by atoms with van der Waals surface area (Å²) in [5, 5.41) is 6.69. The monoisotopic (exact) mass is 247 g/mol. The first-order valence-corrected chi connectivity index (χ1v) is 5.66. The fraction of sp³-hybridized carbons (Fsp3) is 0.231. The van der Waals surface area contributed by atoms with Gasteiger partial charge in [0.2, 0.25) is 0 Å². The Balaban J connectivity index is 1.84. The molecule has 0 saturated carbocycles. The van der Waals surface area contributed by atoms with E-state index >= 15 is 0 Å². The highest BCUT2D eigenvalue weighted by molar-refractivity contribution is 5.93. The molecule has 0 radical (unpaired) electrons. The van der Waals surface area contributed by atoms with Gasteiger partial charge in [-0.1, -0.05) is 12.1 Å². The Bertz CT molecular complexity index is 551. The van der Waals surface area contributed by atoms with E-state index < -0.39 is 0 Å². The predicted molar refractivity (Wildman–Crippen MR) is 65.6 cm³/mol. The Hall–Kier alpha value is -2.17. The molecule has 1 N–H and O–H groups in total. The van der Waals surface area contributed by atoms with Gasteiger partial charge in [-0.25, -0.2) is 4.39 Å². The first-order chi connectivity index (χ1) is 8.65. The zero-order valence-electron chi connectivity index (χ0n) is 10.1. The number of amides is 1. The largest absolute Gasteiger partial charge is 0.352 e. The molecular weight excluding hydrogens is 233 g/mol. The van der Waals surface area contributed by atoms with Gasteiger partial charge in [-0.05, 0) is 24.1 Å². The SMILES string of the molecule is Cn1cc(C(=O)NCCc2cccc(F)c2)cn1. The predicted octanol–water partition coefficient (Wildman–Crippen LogP) is 1.53. The van der Waals surface area contributed by atoms with Crippen molar-refractivity contribution in [2.45, 2.75) is 6.42 Å². The van der Waals surface area contributed by atoms with E-state index in [1.165, 1.54) is 18.3 Å². The number of carbonyl (C=O) groups is 1. The van der Waals surface area contributed by atoms with Crippen LogP contribution >= 0.6 is 0 Å². The summed E-state index contributed by atoms with van der Waals surface area (Å²) in [6.07, 6.45) is 3.76. The molecule has 0 saturated heterocycles. The second-order valence-corrected chi connectivity index (χ2v) is 4.04. The minimum atomic E-state index is -0.258. The number of carbonyl (C=O) groups excluding carboxylic acids is 1. The normalized spacial score (nSPS) is 10.3. The number of aromatic nitrogens is 2. The van der Waals surface area contributed by atoms with E-state index in [0.717, 1.165) is 5.56 Å². The molecule has 1 amide bonds. The van der Waals surface area contributed by atoms with E-state index in [0.29, 0.717) is 18.5 Å². The van der Waals surface area contributed by atoms with Gasteiger partial charge < -0.3 is 5.32 Å². The van der Waals surface area contributed by atoms with Crippen molar-refractivity contribution in [2.24, 2.45) is 7.05 Å². The fourth-order valence-corrected chi connectivity index (χ4v) is 1.65. The van der Waals surface area contributed by atoms with Crippen LogP contribution in [0.3, 0.4) is 0 Å². The van der Waals surface area contributed by atoms with E-state index in [-0.39, 0.29) is 11.7 Å². The van der Waals surface area contributed by atoms with Crippen LogP contribution in [0, 0.1) is 5.82 Å². The van der Waals surface area contributed by atoms with Crippen LogP contribution in [0.2, 0.25) is 0 Å². The number of rotatable bonds is 4. The van der Waals surface area contributed by atoms with Gasteiger partial charge in [-0.2, -0.15) is 5.10 Å². The maximum atomic E-state index is 12.9. The molecule has 4 nitrogen and oxygen atoms in total. The Labute approximate surface area is 104 Å². The molecule has 0 aliphatic carbocycles. The Morgan fingerprint density at radius 1 is 1.50 bits per heavy atom. The summed E-state index contributed by atoms with van der Waals surface area (Å²) >= 11 is 0. The number of halogens is 1. The molecule has 0 bridgehead atoms. The molecule has 94 valence electrons. The van der Waals surface area contributed by atoms with Crippen molar-refractivity contribution in [3.05, 3.63) is 53.6 Å². The van der Waals surface area contributed by atoms with E-state index in [1.54, 1.807) is 24.0 Å². The summed E-state index contributed by atoms with van der Waals surface area (Å²) in [5.74, 6) is -0.425. The van der Waals surface area contributed by atoms with E-state index in [4.69, 9.17) is 0 Å². The van der Waals surface area contributed by atoms with Crippen molar-refractivity contribution in [3.8, 4) is 0 Å². The third-order valence-electron chi connectivity index (χ3n) is 2.56. The van der Waals surface area contributed by atoms with Crippen molar-refractivity contribution >= 4 is 5.91 Å². The quantitative estimate of drug-likeness (QED) is 0.890. The topological polar surface area (TPSA) is 46.9 Å². The summed E-state index contributed by atoms with van der Waals surface area (Å²) in [6.45, 7) is 0.469. The molecule has 0 unspecified atom stereocenters. The first kappa shape index (κ1) is 12.3. The van der Waals surface area contributed by atoms with Crippen molar-refractivity contribution in [3.63, 3.8) is 0 Å². The number of nitrogens with zero attached hydrogens (tertiary/aromatic N) is 2. The van der Waals surface area contributed by atoms with Crippen LogP contribution in [-0.2, 0) is 13.5 Å². The van der Waals surface area contributed by atoms with Crippen molar-refractivity contribution in [1.82, 2.24) is 15.1 Å². The maximum absolute atomic E-state index is 12.9. The maximum Gasteiger partial charge on any atom is 0.254 e.